The molecule has 0 spiro atoms. The first-order valence-electron chi connectivity index (χ1n) is 7.52. The molecule has 0 radical (unpaired) electrons. The zero-order valence-electron chi connectivity index (χ0n) is 12.7. The van der Waals surface area contributed by atoms with E-state index in [-0.39, 0.29) is 18.5 Å². The van der Waals surface area contributed by atoms with Crippen LogP contribution in [0.1, 0.15) is 30.1 Å². The fraction of sp³-hybridized carbons (Fsp3) is 0.500. The van der Waals surface area contributed by atoms with E-state index in [9.17, 15) is 9.59 Å². The smallest absolute Gasteiger partial charge is 0.317 e. The number of carboxylic acid groups (broad SMARTS) is 1. The van der Waals surface area contributed by atoms with Gasteiger partial charge in [0.2, 0.25) is 0 Å². The Hall–Kier alpha value is -1.40. The van der Waals surface area contributed by atoms with E-state index in [1.54, 1.807) is 0 Å². The third kappa shape index (κ3) is 4.30. The van der Waals surface area contributed by atoms with Crippen molar-refractivity contribution in [2.24, 2.45) is 0 Å². The van der Waals surface area contributed by atoms with Crippen LogP contribution in [-0.2, 0) is 4.79 Å². The van der Waals surface area contributed by atoms with Gasteiger partial charge in [-0.1, -0.05) is 22.9 Å². The molecule has 1 aromatic carbocycles. The van der Waals surface area contributed by atoms with E-state index in [0.29, 0.717) is 18.7 Å². The van der Waals surface area contributed by atoms with Crippen molar-refractivity contribution in [2.75, 3.05) is 26.2 Å². The van der Waals surface area contributed by atoms with Gasteiger partial charge < -0.3 is 10.0 Å². The lowest BCUT2D eigenvalue weighted by Gasteiger charge is -2.37. The van der Waals surface area contributed by atoms with E-state index < -0.39 is 5.97 Å². The predicted octanol–water partition coefficient (Wildman–Crippen LogP) is 2.46. The van der Waals surface area contributed by atoms with Crippen molar-refractivity contribution >= 4 is 27.8 Å². The number of nitrogens with zero attached hydrogens (tertiary/aromatic N) is 2. The van der Waals surface area contributed by atoms with Gasteiger partial charge in [0, 0.05) is 29.2 Å². The SMILES string of the molecule is CCN(CC(=O)O)C1CCN(C(=O)c2ccc(Br)cc2)CC1. The van der Waals surface area contributed by atoms with Crippen molar-refractivity contribution in [1.82, 2.24) is 9.80 Å². The molecule has 6 heteroatoms. The number of hydrogen-bond donors (Lipinski definition) is 1. The molecule has 0 atom stereocenters. The van der Waals surface area contributed by atoms with E-state index in [4.69, 9.17) is 5.11 Å². The summed E-state index contributed by atoms with van der Waals surface area (Å²) in [7, 11) is 0. The molecule has 1 aliphatic heterocycles. The van der Waals surface area contributed by atoms with Crippen LogP contribution >= 0.6 is 15.9 Å². The summed E-state index contributed by atoms with van der Waals surface area (Å²) in [6.07, 6.45) is 1.65. The highest BCUT2D eigenvalue weighted by Gasteiger charge is 2.27. The maximum Gasteiger partial charge on any atom is 0.317 e. The molecule has 1 heterocycles. The van der Waals surface area contributed by atoms with E-state index in [1.807, 2.05) is 41.0 Å². The summed E-state index contributed by atoms with van der Waals surface area (Å²) >= 11 is 3.36. The van der Waals surface area contributed by atoms with Gasteiger partial charge in [-0.15, -0.1) is 0 Å². The van der Waals surface area contributed by atoms with Crippen molar-refractivity contribution < 1.29 is 14.7 Å². The molecule has 120 valence electrons. The summed E-state index contributed by atoms with van der Waals surface area (Å²) in [5.41, 5.74) is 0.694. The Morgan fingerprint density at radius 1 is 1.27 bits per heavy atom. The van der Waals surface area contributed by atoms with Gasteiger partial charge in [-0.2, -0.15) is 0 Å². The van der Waals surface area contributed by atoms with Crippen LogP contribution < -0.4 is 0 Å². The molecule has 0 aromatic heterocycles. The van der Waals surface area contributed by atoms with Crippen LogP contribution in [0, 0.1) is 0 Å². The molecule has 0 saturated carbocycles. The second-order valence-corrected chi connectivity index (χ2v) is 6.40. The van der Waals surface area contributed by atoms with Crippen molar-refractivity contribution in [1.29, 1.82) is 0 Å². The molecule has 0 aliphatic carbocycles. The number of carbonyl (C=O) groups is 2. The van der Waals surface area contributed by atoms with Crippen molar-refractivity contribution in [3.8, 4) is 0 Å². The molecule has 22 heavy (non-hydrogen) atoms. The number of aliphatic carboxylic acids is 1. The Kier molecular flexibility index (Phi) is 5.97. The molecule has 0 bridgehead atoms. The summed E-state index contributed by atoms with van der Waals surface area (Å²) < 4.78 is 0.954. The third-order valence-corrected chi connectivity index (χ3v) is 4.63. The Morgan fingerprint density at radius 3 is 2.36 bits per heavy atom. The van der Waals surface area contributed by atoms with Gasteiger partial charge in [-0.25, -0.2) is 0 Å². The van der Waals surface area contributed by atoms with E-state index in [2.05, 4.69) is 15.9 Å². The quantitative estimate of drug-likeness (QED) is 0.866. The van der Waals surface area contributed by atoms with Crippen LogP contribution in [0.15, 0.2) is 28.7 Å². The second-order valence-electron chi connectivity index (χ2n) is 5.49. The van der Waals surface area contributed by atoms with Crippen molar-refractivity contribution in [3.05, 3.63) is 34.3 Å². The summed E-state index contributed by atoms with van der Waals surface area (Å²) in [4.78, 5) is 27.2. The highest BCUT2D eigenvalue weighted by molar-refractivity contribution is 9.10. The van der Waals surface area contributed by atoms with Crippen molar-refractivity contribution in [3.63, 3.8) is 0 Å². The molecular formula is C16H21BrN2O3. The van der Waals surface area contributed by atoms with Crippen LogP contribution in [0.5, 0.6) is 0 Å². The standard InChI is InChI=1S/C16H21BrN2O3/c1-2-18(11-15(20)21)14-7-9-19(10-8-14)16(22)12-3-5-13(17)6-4-12/h3-6,14H,2,7-11H2,1H3,(H,20,21). The predicted molar refractivity (Wildman–Crippen MR) is 88.0 cm³/mol. The molecule has 1 aromatic rings. The first-order chi connectivity index (χ1) is 10.5. The monoisotopic (exact) mass is 368 g/mol. The zero-order valence-corrected chi connectivity index (χ0v) is 14.3. The molecule has 0 unspecified atom stereocenters. The molecule has 1 saturated heterocycles. The van der Waals surface area contributed by atoms with Gasteiger partial charge in [0.1, 0.15) is 0 Å². The van der Waals surface area contributed by atoms with Gasteiger partial charge in [0.25, 0.3) is 5.91 Å². The average Bonchev–Trinajstić information content (AvgIpc) is 2.52. The zero-order chi connectivity index (χ0) is 16.1. The van der Waals surface area contributed by atoms with Gasteiger partial charge in [0.05, 0.1) is 6.54 Å². The summed E-state index contributed by atoms with van der Waals surface area (Å²) in [6, 6.07) is 7.62. The molecule has 5 nitrogen and oxygen atoms in total. The summed E-state index contributed by atoms with van der Waals surface area (Å²) in [6.45, 7) is 4.12. The number of piperidine rings is 1. The lowest BCUT2D eigenvalue weighted by Crippen LogP contribution is -2.48. The van der Waals surface area contributed by atoms with E-state index in [0.717, 1.165) is 23.9 Å². The molecule has 1 fully saturated rings. The number of benzene rings is 1. The topological polar surface area (TPSA) is 60.9 Å². The first-order valence-corrected chi connectivity index (χ1v) is 8.31. The largest absolute Gasteiger partial charge is 0.480 e. The number of halogens is 1. The normalized spacial score (nSPS) is 16.0. The summed E-state index contributed by atoms with van der Waals surface area (Å²) in [5, 5.41) is 8.95. The minimum atomic E-state index is -0.796. The fourth-order valence-corrected chi connectivity index (χ4v) is 3.15. The number of amides is 1. The van der Waals surface area contributed by atoms with Gasteiger partial charge in [-0.3, -0.25) is 14.5 Å². The maximum absolute atomic E-state index is 12.4. The first kappa shape index (κ1) is 17.0. The second kappa shape index (κ2) is 7.74. The number of carbonyl (C=O) groups excluding carboxylic acids is 1. The highest BCUT2D eigenvalue weighted by atomic mass is 79.9. The van der Waals surface area contributed by atoms with Crippen molar-refractivity contribution in [2.45, 2.75) is 25.8 Å². The molecule has 2 rings (SSSR count). The number of carboxylic acids is 1. The van der Waals surface area contributed by atoms with E-state index in [1.165, 1.54) is 0 Å². The lowest BCUT2D eigenvalue weighted by atomic mass is 10.0. The highest BCUT2D eigenvalue weighted by Crippen LogP contribution is 2.19. The Morgan fingerprint density at radius 2 is 1.86 bits per heavy atom. The minimum Gasteiger partial charge on any atom is -0.480 e. The summed E-state index contributed by atoms with van der Waals surface area (Å²) in [5.74, 6) is -0.748. The Bertz CT molecular complexity index is 525. The Labute approximate surface area is 139 Å². The van der Waals surface area contributed by atoms with Gasteiger partial charge >= 0.3 is 5.97 Å². The van der Waals surface area contributed by atoms with Crippen LogP contribution in [0.2, 0.25) is 0 Å². The number of likely N-dealkylation sites (tertiary alicyclic amines) is 1. The molecule has 1 N–H and O–H groups in total. The molecular weight excluding hydrogens is 348 g/mol. The van der Waals surface area contributed by atoms with Crippen LogP contribution in [0.25, 0.3) is 0 Å². The molecule has 1 amide bonds. The number of likely N-dealkylation sites (N-methyl/N-ethyl adjacent to an activating group) is 1. The minimum absolute atomic E-state index is 0.0484. The third-order valence-electron chi connectivity index (χ3n) is 4.10. The van der Waals surface area contributed by atoms with Gasteiger partial charge in [-0.05, 0) is 43.7 Å². The average molecular weight is 369 g/mol. The lowest BCUT2D eigenvalue weighted by molar-refractivity contribution is -0.139. The number of rotatable bonds is 5. The molecule has 1 aliphatic rings. The fourth-order valence-electron chi connectivity index (χ4n) is 2.88. The van der Waals surface area contributed by atoms with Crippen LogP contribution in [0.3, 0.4) is 0 Å². The maximum atomic E-state index is 12.4. The van der Waals surface area contributed by atoms with Crippen LogP contribution in [-0.4, -0.2) is 59.0 Å². The van der Waals surface area contributed by atoms with Crippen LogP contribution in [0.4, 0.5) is 0 Å². The number of hydrogen-bond acceptors (Lipinski definition) is 3. The van der Waals surface area contributed by atoms with Gasteiger partial charge in [0.15, 0.2) is 0 Å². The van der Waals surface area contributed by atoms with E-state index >= 15 is 0 Å². The Balaban J connectivity index is 1.92.